The predicted molar refractivity (Wildman–Crippen MR) is 190 cm³/mol. The number of nitrogens with zero attached hydrogens (tertiary/aromatic N) is 2. The average molecular weight is 656 g/mol. The first-order valence-corrected chi connectivity index (χ1v) is 18.8. The molecule has 2 aliphatic heterocycles. The summed E-state index contributed by atoms with van der Waals surface area (Å²) in [6, 6.07) is 19.5. The fourth-order valence-electron chi connectivity index (χ4n) is 10.7. The quantitative estimate of drug-likeness (QED) is 0.190. The van der Waals surface area contributed by atoms with Gasteiger partial charge in [0.25, 0.3) is 11.8 Å². The van der Waals surface area contributed by atoms with Crippen molar-refractivity contribution in [3.8, 4) is 0 Å². The molecule has 2 heterocycles. The molecular weight excluding hydrogens is 608 g/mol. The Bertz CT molecular complexity index is 1710. The Kier molecular flexibility index (Phi) is 8.90. The summed E-state index contributed by atoms with van der Waals surface area (Å²) in [7, 11) is 0. The van der Waals surface area contributed by atoms with Gasteiger partial charge in [0, 0.05) is 28.9 Å². The van der Waals surface area contributed by atoms with Crippen molar-refractivity contribution in [3.05, 3.63) is 108 Å². The number of piperidine rings is 1. The molecule has 254 valence electrons. The lowest BCUT2D eigenvalue weighted by atomic mass is 9.61. The van der Waals surface area contributed by atoms with E-state index in [0.717, 1.165) is 62.7 Å². The van der Waals surface area contributed by atoms with Crippen LogP contribution in [0, 0.1) is 35.5 Å². The van der Waals surface area contributed by atoms with Crippen molar-refractivity contribution >= 4 is 29.0 Å². The van der Waals surface area contributed by atoms with Crippen LogP contribution in [0.1, 0.15) is 77.0 Å². The fourth-order valence-corrected chi connectivity index (χ4v) is 10.7. The van der Waals surface area contributed by atoms with Crippen LogP contribution < -0.4 is 14.9 Å². The molecule has 2 aromatic carbocycles. The number of hydrogen-bond acceptors (Lipinski definition) is 4. The van der Waals surface area contributed by atoms with Gasteiger partial charge in [0.2, 0.25) is 0 Å². The number of para-hydroxylation sites is 2. The lowest BCUT2D eigenvalue weighted by Gasteiger charge is -2.54. The number of Topliss-reactive ketones (excluding diaryl/α,β-unsaturated/α-hetero) is 1. The van der Waals surface area contributed by atoms with E-state index < -0.39 is 0 Å². The molecule has 8 rings (SSSR count). The Balaban J connectivity index is 1.07. The highest BCUT2D eigenvalue weighted by atomic mass is 16.3. The van der Waals surface area contributed by atoms with E-state index in [2.05, 4.69) is 0 Å². The SMILES string of the molecule is O=C1/C(=C/C=CC=CC2=C([O-])C3CCC4CCCCC4C3N(c3ccccc3)C2=O)C(=O)N(c2ccccc2)C2C1CCC1CCCCC12. The second-order valence-electron chi connectivity index (χ2n) is 15.3. The van der Waals surface area contributed by atoms with Gasteiger partial charge in [0.15, 0.2) is 5.78 Å². The highest BCUT2D eigenvalue weighted by Gasteiger charge is 2.53. The van der Waals surface area contributed by atoms with Crippen LogP contribution in [0.4, 0.5) is 11.4 Å². The maximum absolute atomic E-state index is 14.2. The van der Waals surface area contributed by atoms with Crippen LogP contribution in [0.25, 0.3) is 0 Å². The number of fused-ring (bicyclic) bond motifs is 6. The minimum absolute atomic E-state index is 0.0466. The Morgan fingerprint density at radius 3 is 1.71 bits per heavy atom. The second-order valence-corrected chi connectivity index (χ2v) is 15.3. The molecular formula is C43H47N2O4-. The van der Waals surface area contributed by atoms with Gasteiger partial charge in [-0.3, -0.25) is 14.4 Å². The zero-order chi connectivity index (χ0) is 33.5. The standard InChI is InChI=1S/C43H48N2O4/c46-40-34-26-24-28-14-10-12-20-32(28)38(34)44(30-16-4-1-5-17-30)42(48)36(40)22-8-3-9-23-37-41(47)35-27-25-29-15-11-13-21-33(29)39(35)45(43(37)49)31-18-6-2-7-19-31/h1-9,16-19,22-23,28-29,32-35,38-39,46H,10-15,20-21,24-27H2/p-1/b9-3?,22-8?,37-23-. The number of carbonyl (C=O) groups is 3. The van der Waals surface area contributed by atoms with Gasteiger partial charge < -0.3 is 14.9 Å². The number of allylic oxidation sites excluding steroid dienone is 4. The normalized spacial score (nSPS) is 34.3. The van der Waals surface area contributed by atoms with Gasteiger partial charge in [-0.1, -0.05) is 99.2 Å². The highest BCUT2D eigenvalue weighted by Crippen LogP contribution is 2.51. The summed E-state index contributed by atoms with van der Waals surface area (Å²) in [6.07, 6.45) is 21.4. The smallest absolute Gasteiger partial charge is 0.262 e. The van der Waals surface area contributed by atoms with Crippen LogP contribution in [-0.2, 0) is 14.4 Å². The third-order valence-electron chi connectivity index (χ3n) is 12.9. The first-order valence-electron chi connectivity index (χ1n) is 18.8. The maximum Gasteiger partial charge on any atom is 0.262 e. The molecule has 0 spiro atoms. The van der Waals surface area contributed by atoms with E-state index in [1.165, 1.54) is 25.7 Å². The molecule has 2 amide bonds. The predicted octanol–water partition coefficient (Wildman–Crippen LogP) is 7.47. The van der Waals surface area contributed by atoms with Crippen LogP contribution in [0.15, 0.2) is 108 Å². The molecule has 5 fully saturated rings. The number of ketones is 1. The van der Waals surface area contributed by atoms with Crippen LogP contribution in [0.5, 0.6) is 0 Å². The molecule has 6 nitrogen and oxygen atoms in total. The molecule has 4 saturated carbocycles. The van der Waals surface area contributed by atoms with Crippen molar-refractivity contribution in [2.45, 2.75) is 89.1 Å². The van der Waals surface area contributed by atoms with Crippen molar-refractivity contribution in [2.24, 2.45) is 35.5 Å². The molecule has 8 atom stereocenters. The first-order chi connectivity index (χ1) is 24.0. The van der Waals surface area contributed by atoms with E-state index in [1.54, 1.807) is 30.4 Å². The van der Waals surface area contributed by atoms with Crippen molar-refractivity contribution < 1.29 is 19.5 Å². The minimum Gasteiger partial charge on any atom is -0.875 e. The van der Waals surface area contributed by atoms with Crippen molar-refractivity contribution in [1.82, 2.24) is 0 Å². The Morgan fingerprint density at radius 1 is 0.571 bits per heavy atom. The lowest BCUT2D eigenvalue weighted by Crippen LogP contribution is -2.60. The van der Waals surface area contributed by atoms with Gasteiger partial charge in [-0.15, -0.1) is 5.76 Å². The summed E-state index contributed by atoms with van der Waals surface area (Å²) in [4.78, 5) is 46.1. The molecule has 8 unspecified atom stereocenters. The second kappa shape index (κ2) is 13.6. The molecule has 49 heavy (non-hydrogen) atoms. The molecule has 0 bridgehead atoms. The Morgan fingerprint density at radius 2 is 1.10 bits per heavy atom. The van der Waals surface area contributed by atoms with Gasteiger partial charge in [-0.2, -0.15) is 0 Å². The minimum atomic E-state index is -0.229. The number of carbonyl (C=O) groups excluding carboxylic acids is 3. The molecule has 0 N–H and O–H groups in total. The summed E-state index contributed by atoms with van der Waals surface area (Å²) in [6.45, 7) is 0. The largest absolute Gasteiger partial charge is 0.875 e. The number of anilines is 2. The zero-order valence-corrected chi connectivity index (χ0v) is 28.3. The van der Waals surface area contributed by atoms with E-state index in [1.807, 2.05) is 70.5 Å². The van der Waals surface area contributed by atoms with Gasteiger partial charge in [0.1, 0.15) is 0 Å². The van der Waals surface area contributed by atoms with E-state index in [-0.39, 0.29) is 58.4 Å². The molecule has 6 heteroatoms. The summed E-state index contributed by atoms with van der Waals surface area (Å²) < 4.78 is 0. The maximum atomic E-state index is 14.2. The van der Waals surface area contributed by atoms with E-state index in [4.69, 9.17) is 0 Å². The van der Waals surface area contributed by atoms with Crippen LogP contribution >= 0.6 is 0 Å². The molecule has 0 aromatic heterocycles. The van der Waals surface area contributed by atoms with Crippen LogP contribution in [-0.4, -0.2) is 29.7 Å². The fraction of sp³-hybridized carbons (Fsp3) is 0.465. The lowest BCUT2D eigenvalue weighted by molar-refractivity contribution is -0.320. The molecule has 2 aromatic rings. The van der Waals surface area contributed by atoms with E-state index in [9.17, 15) is 19.5 Å². The first kappa shape index (κ1) is 32.0. The van der Waals surface area contributed by atoms with Crippen LogP contribution in [0.3, 0.4) is 0 Å². The van der Waals surface area contributed by atoms with Gasteiger partial charge >= 0.3 is 0 Å². The number of benzene rings is 2. The number of rotatable bonds is 5. The zero-order valence-electron chi connectivity index (χ0n) is 28.3. The van der Waals surface area contributed by atoms with E-state index in [0.29, 0.717) is 23.7 Å². The third-order valence-corrected chi connectivity index (χ3v) is 12.9. The molecule has 4 aliphatic carbocycles. The van der Waals surface area contributed by atoms with Crippen molar-refractivity contribution in [3.63, 3.8) is 0 Å². The summed E-state index contributed by atoms with van der Waals surface area (Å²) in [5.41, 5.74) is 2.13. The molecule has 1 saturated heterocycles. The van der Waals surface area contributed by atoms with Crippen molar-refractivity contribution in [2.75, 3.05) is 9.80 Å². The number of hydrogen-bond donors (Lipinski definition) is 0. The van der Waals surface area contributed by atoms with Gasteiger partial charge in [0.05, 0.1) is 11.6 Å². The van der Waals surface area contributed by atoms with Gasteiger partial charge in [-0.25, -0.2) is 0 Å². The molecule has 0 radical (unpaired) electrons. The average Bonchev–Trinajstić information content (AvgIpc) is 3.14. The summed E-state index contributed by atoms with van der Waals surface area (Å²) in [5, 5.41) is 14.0. The highest BCUT2D eigenvalue weighted by molar-refractivity contribution is 6.27. The van der Waals surface area contributed by atoms with Gasteiger partial charge in [-0.05, 0) is 98.5 Å². The van der Waals surface area contributed by atoms with Crippen LogP contribution in [0.2, 0.25) is 0 Å². The topological polar surface area (TPSA) is 80.7 Å². The Hall–Kier alpha value is -4.19. The molecule has 6 aliphatic rings. The summed E-state index contributed by atoms with van der Waals surface area (Å²) >= 11 is 0. The monoisotopic (exact) mass is 655 g/mol. The van der Waals surface area contributed by atoms with E-state index >= 15 is 0 Å². The summed E-state index contributed by atoms with van der Waals surface area (Å²) in [5.74, 6) is 0.909. The number of amides is 2. The third kappa shape index (κ3) is 5.71. The van der Waals surface area contributed by atoms with Crippen molar-refractivity contribution in [1.29, 1.82) is 0 Å². The Labute approximate surface area is 290 Å².